The molecule has 1 aromatic carbocycles. The van der Waals surface area contributed by atoms with Crippen molar-refractivity contribution in [2.24, 2.45) is 14.1 Å². The molecule has 3 rings (SSSR count). The van der Waals surface area contributed by atoms with E-state index < -0.39 is 0 Å². The third-order valence-electron chi connectivity index (χ3n) is 2.65. The average Bonchev–Trinajstić information content (AvgIpc) is 3.02. The number of imidazole rings is 2. The third kappa shape index (κ3) is 3.95. The Kier molecular flexibility index (Phi) is 5.79. The van der Waals surface area contributed by atoms with Gasteiger partial charge in [0.05, 0.1) is 17.4 Å². The fraction of sp³-hybridized carbons (Fsp3) is 0.333. The first-order valence-corrected chi connectivity index (χ1v) is 6.48. The maximum absolute atomic E-state index is 4.38. The maximum atomic E-state index is 4.38. The maximum Gasteiger partial charge on any atom is 0.106 e. The number of hydrogen-bond donors (Lipinski definition) is 0. The van der Waals surface area contributed by atoms with Crippen molar-refractivity contribution in [3.05, 3.63) is 48.8 Å². The van der Waals surface area contributed by atoms with Crippen molar-refractivity contribution in [2.75, 3.05) is 0 Å². The molecular weight excluding hydrogens is 236 g/mol. The fourth-order valence-electron chi connectivity index (χ4n) is 1.59. The van der Waals surface area contributed by atoms with E-state index in [1.165, 1.54) is 5.52 Å². The summed E-state index contributed by atoms with van der Waals surface area (Å²) in [5.41, 5.74) is 2.28. The van der Waals surface area contributed by atoms with Crippen LogP contribution in [-0.2, 0) is 14.1 Å². The van der Waals surface area contributed by atoms with Crippen LogP contribution < -0.4 is 0 Å². The van der Waals surface area contributed by atoms with Crippen LogP contribution >= 0.6 is 0 Å². The third-order valence-corrected chi connectivity index (χ3v) is 2.65. The minimum atomic E-state index is 1.06. The second-order valence-electron chi connectivity index (χ2n) is 3.93. The molecular formula is C15H22N4. The number of rotatable bonds is 0. The molecule has 0 aliphatic heterocycles. The topological polar surface area (TPSA) is 35.6 Å². The highest BCUT2D eigenvalue weighted by atomic mass is 15.0. The van der Waals surface area contributed by atoms with Crippen LogP contribution in [0.15, 0.2) is 43.0 Å². The summed E-state index contributed by atoms with van der Waals surface area (Å²) in [6.45, 7) is 6.01. The van der Waals surface area contributed by atoms with Gasteiger partial charge in [0.2, 0.25) is 0 Å². The first-order chi connectivity index (χ1) is 9.18. The minimum Gasteiger partial charge on any atom is -0.341 e. The van der Waals surface area contributed by atoms with E-state index in [9.17, 15) is 0 Å². The molecule has 0 saturated carbocycles. The van der Waals surface area contributed by atoms with Gasteiger partial charge in [0.15, 0.2) is 0 Å². The van der Waals surface area contributed by atoms with Gasteiger partial charge in [-0.15, -0.1) is 0 Å². The molecule has 0 bridgehead atoms. The molecule has 4 heteroatoms. The summed E-state index contributed by atoms with van der Waals surface area (Å²) in [7, 11) is 3.97. The van der Waals surface area contributed by atoms with Crippen LogP contribution in [0.5, 0.6) is 0 Å². The van der Waals surface area contributed by atoms with Crippen LogP contribution in [0, 0.1) is 6.92 Å². The Morgan fingerprint density at radius 3 is 2.21 bits per heavy atom. The van der Waals surface area contributed by atoms with Gasteiger partial charge in [-0.3, -0.25) is 0 Å². The van der Waals surface area contributed by atoms with Crippen LogP contribution in [-0.4, -0.2) is 19.1 Å². The van der Waals surface area contributed by atoms with Gasteiger partial charge >= 0.3 is 0 Å². The molecule has 0 radical (unpaired) electrons. The van der Waals surface area contributed by atoms with E-state index in [0.717, 1.165) is 11.3 Å². The molecule has 2 heterocycles. The van der Waals surface area contributed by atoms with Crippen molar-refractivity contribution >= 4 is 11.0 Å². The lowest BCUT2D eigenvalue weighted by Crippen LogP contribution is -1.89. The molecule has 19 heavy (non-hydrogen) atoms. The number of nitrogens with zero attached hydrogens (tertiary/aromatic N) is 4. The van der Waals surface area contributed by atoms with Crippen molar-refractivity contribution in [1.82, 2.24) is 19.1 Å². The number of para-hydroxylation sites is 2. The quantitative estimate of drug-likeness (QED) is 0.620. The minimum absolute atomic E-state index is 1.06. The predicted octanol–water partition coefficient (Wildman–Crippen LogP) is 3.33. The Morgan fingerprint density at radius 2 is 1.74 bits per heavy atom. The van der Waals surface area contributed by atoms with E-state index in [2.05, 4.69) is 20.6 Å². The molecule has 0 N–H and O–H groups in total. The van der Waals surface area contributed by atoms with Gasteiger partial charge in [0, 0.05) is 26.5 Å². The standard InChI is InChI=1S/C9H10N2.C4H6N2.C2H6/c1-7-10-8-5-3-4-6-9(8)11(7)2;1-6-3-2-5-4-6;1-2/h3-6H,1-2H3;2-4H,1H3;1-2H3. The Hall–Kier alpha value is -2.10. The van der Waals surface area contributed by atoms with Gasteiger partial charge in [-0.2, -0.15) is 0 Å². The number of benzene rings is 1. The normalized spacial score (nSPS) is 9.32. The van der Waals surface area contributed by atoms with Crippen molar-refractivity contribution in [2.45, 2.75) is 20.8 Å². The van der Waals surface area contributed by atoms with Gasteiger partial charge in [-0.05, 0) is 19.1 Å². The Balaban J connectivity index is 0.000000192. The first-order valence-electron chi connectivity index (χ1n) is 6.48. The highest BCUT2D eigenvalue weighted by Gasteiger charge is 2.00. The predicted molar refractivity (Wildman–Crippen MR) is 80.0 cm³/mol. The number of hydrogen-bond acceptors (Lipinski definition) is 2. The van der Waals surface area contributed by atoms with Crippen molar-refractivity contribution < 1.29 is 0 Å². The second-order valence-corrected chi connectivity index (χ2v) is 3.93. The van der Waals surface area contributed by atoms with E-state index in [4.69, 9.17) is 0 Å². The Labute approximate surface area is 114 Å². The van der Waals surface area contributed by atoms with Crippen LogP contribution in [0.4, 0.5) is 0 Å². The molecule has 0 unspecified atom stereocenters. The van der Waals surface area contributed by atoms with Crippen LogP contribution in [0.1, 0.15) is 19.7 Å². The van der Waals surface area contributed by atoms with Crippen LogP contribution in [0.2, 0.25) is 0 Å². The molecule has 0 aliphatic rings. The summed E-state index contributed by atoms with van der Waals surface area (Å²) in [6.07, 6.45) is 5.39. The molecule has 102 valence electrons. The molecule has 0 atom stereocenters. The summed E-state index contributed by atoms with van der Waals surface area (Å²) in [6, 6.07) is 8.15. The average molecular weight is 258 g/mol. The lowest BCUT2D eigenvalue weighted by Gasteiger charge is -1.93. The number of aryl methyl sites for hydroxylation is 3. The molecule has 0 aliphatic carbocycles. The largest absolute Gasteiger partial charge is 0.341 e. The van der Waals surface area contributed by atoms with Gasteiger partial charge < -0.3 is 9.13 Å². The van der Waals surface area contributed by atoms with Gasteiger partial charge in [-0.1, -0.05) is 26.0 Å². The second kappa shape index (κ2) is 7.36. The van der Waals surface area contributed by atoms with Gasteiger partial charge in [0.25, 0.3) is 0 Å². The van der Waals surface area contributed by atoms with E-state index in [-0.39, 0.29) is 0 Å². The molecule has 2 aromatic heterocycles. The first kappa shape index (κ1) is 15.0. The zero-order chi connectivity index (χ0) is 14.3. The molecule has 3 aromatic rings. The van der Waals surface area contributed by atoms with E-state index >= 15 is 0 Å². The Bertz CT molecular complexity index is 594. The Morgan fingerprint density at radius 1 is 1.05 bits per heavy atom. The van der Waals surface area contributed by atoms with E-state index in [1.54, 1.807) is 12.5 Å². The molecule has 0 fully saturated rings. The van der Waals surface area contributed by atoms with Crippen molar-refractivity contribution in [3.63, 3.8) is 0 Å². The molecule has 4 nitrogen and oxygen atoms in total. The summed E-state index contributed by atoms with van der Waals surface area (Å²) < 4.78 is 3.98. The smallest absolute Gasteiger partial charge is 0.106 e. The van der Waals surface area contributed by atoms with Crippen molar-refractivity contribution in [1.29, 1.82) is 0 Å². The summed E-state index contributed by atoms with van der Waals surface area (Å²) in [5.74, 6) is 1.06. The van der Waals surface area contributed by atoms with Crippen LogP contribution in [0.25, 0.3) is 11.0 Å². The summed E-state index contributed by atoms with van der Waals surface area (Å²) in [5, 5.41) is 0. The highest BCUT2D eigenvalue weighted by Crippen LogP contribution is 2.12. The monoisotopic (exact) mass is 258 g/mol. The fourth-order valence-corrected chi connectivity index (χ4v) is 1.59. The van der Waals surface area contributed by atoms with E-state index in [1.807, 2.05) is 63.8 Å². The zero-order valence-corrected chi connectivity index (χ0v) is 12.3. The van der Waals surface area contributed by atoms with Gasteiger partial charge in [0.1, 0.15) is 5.82 Å². The SMILES string of the molecule is CC.Cc1nc2ccccc2n1C.Cn1ccnc1. The lowest BCUT2D eigenvalue weighted by atomic mass is 10.3. The summed E-state index contributed by atoms with van der Waals surface area (Å²) in [4.78, 5) is 8.16. The molecule has 0 spiro atoms. The number of aromatic nitrogens is 4. The van der Waals surface area contributed by atoms with Crippen LogP contribution in [0.3, 0.4) is 0 Å². The lowest BCUT2D eigenvalue weighted by molar-refractivity contribution is 0.886. The summed E-state index contributed by atoms with van der Waals surface area (Å²) >= 11 is 0. The zero-order valence-electron chi connectivity index (χ0n) is 12.3. The molecule has 0 amide bonds. The van der Waals surface area contributed by atoms with Gasteiger partial charge in [-0.25, -0.2) is 9.97 Å². The van der Waals surface area contributed by atoms with Crippen molar-refractivity contribution in [3.8, 4) is 0 Å². The van der Waals surface area contributed by atoms with E-state index in [0.29, 0.717) is 0 Å². The number of fused-ring (bicyclic) bond motifs is 1. The molecule has 0 saturated heterocycles. The highest BCUT2D eigenvalue weighted by molar-refractivity contribution is 5.75.